The first-order valence-corrected chi connectivity index (χ1v) is 6.50. The molecule has 2 atom stereocenters. The minimum absolute atomic E-state index is 0.0740. The third kappa shape index (κ3) is 2.25. The number of benzene rings is 1. The Morgan fingerprint density at radius 1 is 1.33 bits per heavy atom. The molecule has 4 heteroatoms. The van der Waals surface area contributed by atoms with Crippen LogP contribution >= 0.6 is 0 Å². The van der Waals surface area contributed by atoms with E-state index in [1.165, 1.54) is 6.07 Å². The van der Waals surface area contributed by atoms with Gasteiger partial charge in [0.25, 0.3) is 0 Å². The fraction of sp³-hybridized carbons (Fsp3) is 0.500. The molecule has 0 unspecified atom stereocenters. The Balaban J connectivity index is 1.64. The Bertz CT molecular complexity index is 457. The summed E-state index contributed by atoms with van der Waals surface area (Å²) in [6.45, 7) is 3.35. The standard InChI is InChI=1S/C14H17FN2O/c15-11-3-1-2-10(8-11)12-9-13(12)14(18)17-6-4-16-5-7-17/h1-3,8,12-13,16H,4-7,9H2/t12-,13-/m1/s1. The van der Waals surface area contributed by atoms with Crippen LogP contribution in [-0.2, 0) is 4.79 Å². The number of amides is 1. The zero-order valence-electron chi connectivity index (χ0n) is 10.2. The molecule has 96 valence electrons. The number of hydrogen-bond acceptors (Lipinski definition) is 2. The maximum absolute atomic E-state index is 13.1. The topological polar surface area (TPSA) is 32.3 Å². The van der Waals surface area contributed by atoms with E-state index in [4.69, 9.17) is 0 Å². The molecule has 0 bridgehead atoms. The molecule has 1 saturated carbocycles. The molecule has 1 heterocycles. The molecule has 0 aromatic heterocycles. The summed E-state index contributed by atoms with van der Waals surface area (Å²) in [6, 6.07) is 6.63. The molecule has 1 aliphatic carbocycles. The van der Waals surface area contributed by atoms with Crippen LogP contribution in [0.2, 0.25) is 0 Å². The first-order valence-electron chi connectivity index (χ1n) is 6.50. The third-order valence-electron chi connectivity index (χ3n) is 3.81. The average molecular weight is 248 g/mol. The average Bonchev–Trinajstić information content (AvgIpc) is 3.19. The Morgan fingerprint density at radius 2 is 2.11 bits per heavy atom. The molecule has 2 aliphatic rings. The highest BCUT2D eigenvalue weighted by atomic mass is 19.1. The van der Waals surface area contributed by atoms with Crippen molar-refractivity contribution in [3.63, 3.8) is 0 Å². The minimum atomic E-state index is -0.215. The number of carbonyl (C=O) groups is 1. The molecule has 1 saturated heterocycles. The largest absolute Gasteiger partial charge is 0.340 e. The minimum Gasteiger partial charge on any atom is -0.340 e. The van der Waals surface area contributed by atoms with Crippen molar-refractivity contribution in [3.8, 4) is 0 Å². The zero-order chi connectivity index (χ0) is 12.5. The summed E-state index contributed by atoms with van der Waals surface area (Å²) < 4.78 is 13.1. The van der Waals surface area contributed by atoms with Gasteiger partial charge in [-0.2, -0.15) is 0 Å². The fourth-order valence-electron chi connectivity index (χ4n) is 2.69. The van der Waals surface area contributed by atoms with Crippen LogP contribution in [-0.4, -0.2) is 37.0 Å². The number of carbonyl (C=O) groups excluding carboxylic acids is 1. The van der Waals surface area contributed by atoms with Crippen LogP contribution in [0.1, 0.15) is 17.9 Å². The summed E-state index contributed by atoms with van der Waals surface area (Å²) in [5.74, 6) is 0.325. The van der Waals surface area contributed by atoms with Gasteiger partial charge in [-0.05, 0) is 30.0 Å². The van der Waals surface area contributed by atoms with E-state index in [0.29, 0.717) is 0 Å². The summed E-state index contributed by atoms with van der Waals surface area (Å²) in [5, 5.41) is 3.24. The Kier molecular flexibility index (Phi) is 3.04. The summed E-state index contributed by atoms with van der Waals surface area (Å²) in [7, 11) is 0. The van der Waals surface area contributed by atoms with Crippen molar-refractivity contribution in [1.29, 1.82) is 0 Å². The highest BCUT2D eigenvalue weighted by Gasteiger charge is 2.45. The van der Waals surface area contributed by atoms with Crippen molar-refractivity contribution in [1.82, 2.24) is 10.2 Å². The zero-order valence-corrected chi connectivity index (χ0v) is 10.2. The quantitative estimate of drug-likeness (QED) is 0.857. The second-order valence-corrected chi connectivity index (χ2v) is 5.08. The lowest BCUT2D eigenvalue weighted by atomic mass is 10.1. The molecule has 2 fully saturated rings. The van der Waals surface area contributed by atoms with Gasteiger partial charge in [-0.1, -0.05) is 12.1 Å². The van der Waals surface area contributed by atoms with E-state index in [1.54, 1.807) is 12.1 Å². The van der Waals surface area contributed by atoms with Gasteiger partial charge in [-0.3, -0.25) is 4.79 Å². The van der Waals surface area contributed by atoms with Gasteiger partial charge in [-0.25, -0.2) is 4.39 Å². The lowest BCUT2D eigenvalue weighted by Gasteiger charge is -2.27. The molecule has 3 nitrogen and oxygen atoms in total. The van der Waals surface area contributed by atoms with Crippen LogP contribution in [0.15, 0.2) is 24.3 Å². The molecule has 18 heavy (non-hydrogen) atoms. The summed E-state index contributed by atoms with van der Waals surface area (Å²) in [4.78, 5) is 14.2. The lowest BCUT2D eigenvalue weighted by Crippen LogP contribution is -2.47. The van der Waals surface area contributed by atoms with Crippen molar-refractivity contribution >= 4 is 5.91 Å². The first-order chi connectivity index (χ1) is 8.75. The van der Waals surface area contributed by atoms with Gasteiger partial charge in [0.1, 0.15) is 5.82 Å². The van der Waals surface area contributed by atoms with E-state index < -0.39 is 0 Å². The smallest absolute Gasteiger partial charge is 0.226 e. The van der Waals surface area contributed by atoms with Crippen LogP contribution in [0.5, 0.6) is 0 Å². The number of nitrogens with zero attached hydrogens (tertiary/aromatic N) is 1. The van der Waals surface area contributed by atoms with Crippen LogP contribution < -0.4 is 5.32 Å². The van der Waals surface area contributed by atoms with E-state index in [-0.39, 0.29) is 23.6 Å². The number of nitrogens with one attached hydrogen (secondary N) is 1. The van der Waals surface area contributed by atoms with Crippen molar-refractivity contribution in [3.05, 3.63) is 35.6 Å². The second kappa shape index (κ2) is 4.69. The number of rotatable bonds is 2. The Morgan fingerprint density at radius 3 is 2.83 bits per heavy atom. The van der Waals surface area contributed by atoms with Gasteiger partial charge in [0.15, 0.2) is 0 Å². The van der Waals surface area contributed by atoms with Crippen molar-refractivity contribution in [2.24, 2.45) is 5.92 Å². The lowest BCUT2D eigenvalue weighted by molar-refractivity contribution is -0.133. The van der Waals surface area contributed by atoms with Gasteiger partial charge >= 0.3 is 0 Å². The predicted octanol–water partition coefficient (Wildman–Crippen LogP) is 1.36. The maximum Gasteiger partial charge on any atom is 0.226 e. The monoisotopic (exact) mass is 248 g/mol. The van der Waals surface area contributed by atoms with E-state index in [2.05, 4.69) is 5.32 Å². The molecule has 1 aliphatic heterocycles. The molecular formula is C14H17FN2O. The fourth-order valence-corrected chi connectivity index (χ4v) is 2.69. The highest BCUT2D eigenvalue weighted by Crippen LogP contribution is 2.48. The van der Waals surface area contributed by atoms with Gasteiger partial charge < -0.3 is 10.2 Å². The van der Waals surface area contributed by atoms with E-state index >= 15 is 0 Å². The summed E-state index contributed by atoms with van der Waals surface area (Å²) in [5.41, 5.74) is 0.962. The van der Waals surface area contributed by atoms with Crippen LogP contribution in [0.4, 0.5) is 4.39 Å². The van der Waals surface area contributed by atoms with Crippen molar-refractivity contribution < 1.29 is 9.18 Å². The molecule has 0 spiro atoms. The summed E-state index contributed by atoms with van der Waals surface area (Å²) in [6.07, 6.45) is 0.867. The van der Waals surface area contributed by atoms with Gasteiger partial charge in [0.2, 0.25) is 5.91 Å². The number of halogens is 1. The molecule has 1 N–H and O–H groups in total. The second-order valence-electron chi connectivity index (χ2n) is 5.08. The predicted molar refractivity (Wildman–Crippen MR) is 66.7 cm³/mol. The summed E-state index contributed by atoms with van der Waals surface area (Å²) >= 11 is 0. The van der Waals surface area contributed by atoms with Gasteiger partial charge in [0, 0.05) is 32.1 Å². The third-order valence-corrected chi connectivity index (χ3v) is 3.81. The van der Waals surface area contributed by atoms with Crippen molar-refractivity contribution in [2.75, 3.05) is 26.2 Å². The Labute approximate surface area is 106 Å². The molecule has 1 aromatic rings. The number of hydrogen-bond donors (Lipinski definition) is 1. The first kappa shape index (κ1) is 11.7. The van der Waals surface area contributed by atoms with Gasteiger partial charge in [-0.15, -0.1) is 0 Å². The molecule has 3 rings (SSSR count). The normalized spacial score (nSPS) is 27.1. The van der Waals surface area contributed by atoms with Crippen LogP contribution in [0.25, 0.3) is 0 Å². The molecule has 1 aromatic carbocycles. The van der Waals surface area contributed by atoms with Crippen LogP contribution in [0.3, 0.4) is 0 Å². The Hall–Kier alpha value is -1.42. The molecular weight excluding hydrogens is 231 g/mol. The SMILES string of the molecule is O=C([C@@H]1C[C@@H]1c1cccc(F)c1)N1CCNCC1. The maximum atomic E-state index is 13.1. The molecule has 0 radical (unpaired) electrons. The van der Waals surface area contributed by atoms with Gasteiger partial charge in [0.05, 0.1) is 0 Å². The van der Waals surface area contributed by atoms with E-state index in [1.807, 2.05) is 11.0 Å². The number of piperazine rings is 1. The van der Waals surface area contributed by atoms with E-state index in [0.717, 1.165) is 38.2 Å². The molecule has 1 amide bonds. The van der Waals surface area contributed by atoms with Crippen LogP contribution in [0, 0.1) is 11.7 Å². The highest BCUT2D eigenvalue weighted by molar-refractivity contribution is 5.83. The van der Waals surface area contributed by atoms with Crippen molar-refractivity contribution in [2.45, 2.75) is 12.3 Å². The van der Waals surface area contributed by atoms with E-state index in [9.17, 15) is 9.18 Å².